The third-order valence-electron chi connectivity index (χ3n) is 3.03. The minimum atomic E-state index is 0.808. The summed E-state index contributed by atoms with van der Waals surface area (Å²) in [5.74, 6) is 0.962. The van der Waals surface area contributed by atoms with Gasteiger partial charge in [0.05, 0.1) is 0 Å². The number of rotatable bonds is 2. The third-order valence-corrected chi connectivity index (χ3v) is 3.03. The van der Waals surface area contributed by atoms with Gasteiger partial charge in [-0.05, 0) is 31.8 Å². The predicted molar refractivity (Wildman–Crippen MR) is 46.6 cm³/mol. The van der Waals surface area contributed by atoms with Crippen LogP contribution in [0.15, 0.2) is 0 Å². The Morgan fingerprint density at radius 1 is 1.45 bits per heavy atom. The molecule has 2 rings (SSSR count). The summed E-state index contributed by atoms with van der Waals surface area (Å²) in [5, 5.41) is 3.57. The van der Waals surface area contributed by atoms with Crippen molar-refractivity contribution in [3.63, 3.8) is 0 Å². The smallest absolute Gasteiger partial charge is 0.0235 e. The van der Waals surface area contributed by atoms with E-state index < -0.39 is 0 Å². The Labute approximate surface area is 69.0 Å². The zero-order chi connectivity index (χ0) is 7.68. The van der Waals surface area contributed by atoms with Gasteiger partial charge in [-0.1, -0.05) is 6.92 Å². The van der Waals surface area contributed by atoms with E-state index in [1.807, 2.05) is 0 Å². The van der Waals surface area contributed by atoms with Crippen LogP contribution in [0.1, 0.15) is 19.8 Å². The molecule has 2 fully saturated rings. The monoisotopic (exact) mass is 154 g/mol. The molecule has 0 amide bonds. The molecular formula is C9H18N2. The summed E-state index contributed by atoms with van der Waals surface area (Å²) < 4.78 is 0. The van der Waals surface area contributed by atoms with Crippen LogP contribution in [-0.4, -0.2) is 37.1 Å². The van der Waals surface area contributed by atoms with Crippen molar-refractivity contribution in [2.75, 3.05) is 26.2 Å². The van der Waals surface area contributed by atoms with E-state index in [1.54, 1.807) is 0 Å². The van der Waals surface area contributed by atoms with Gasteiger partial charge in [-0.2, -0.15) is 0 Å². The van der Waals surface area contributed by atoms with Crippen LogP contribution in [0.4, 0.5) is 0 Å². The van der Waals surface area contributed by atoms with Crippen LogP contribution in [-0.2, 0) is 0 Å². The molecule has 2 nitrogen and oxygen atoms in total. The molecule has 2 heteroatoms. The van der Waals surface area contributed by atoms with Crippen molar-refractivity contribution in [3.8, 4) is 0 Å². The van der Waals surface area contributed by atoms with E-state index in [0.29, 0.717) is 0 Å². The van der Waals surface area contributed by atoms with Gasteiger partial charge >= 0.3 is 0 Å². The van der Waals surface area contributed by atoms with Crippen LogP contribution in [0.25, 0.3) is 0 Å². The molecule has 0 aliphatic carbocycles. The first-order valence-corrected chi connectivity index (χ1v) is 4.86. The minimum absolute atomic E-state index is 0.808. The molecular weight excluding hydrogens is 136 g/mol. The van der Waals surface area contributed by atoms with E-state index in [4.69, 9.17) is 0 Å². The van der Waals surface area contributed by atoms with Crippen molar-refractivity contribution in [1.29, 1.82) is 0 Å². The molecule has 2 heterocycles. The molecule has 64 valence electrons. The summed E-state index contributed by atoms with van der Waals surface area (Å²) in [6, 6.07) is 0.808. The molecule has 1 unspecified atom stereocenters. The predicted octanol–water partition coefficient (Wildman–Crippen LogP) is 0.690. The van der Waals surface area contributed by atoms with E-state index in [-0.39, 0.29) is 0 Å². The van der Waals surface area contributed by atoms with Crippen molar-refractivity contribution in [2.45, 2.75) is 25.8 Å². The first-order chi connectivity index (χ1) is 5.40. The van der Waals surface area contributed by atoms with E-state index in [9.17, 15) is 0 Å². The zero-order valence-electron chi connectivity index (χ0n) is 7.34. The van der Waals surface area contributed by atoms with Gasteiger partial charge in [-0.3, -0.25) is 0 Å². The van der Waals surface area contributed by atoms with Crippen LogP contribution in [0, 0.1) is 5.92 Å². The molecule has 2 aliphatic rings. The van der Waals surface area contributed by atoms with Crippen molar-refractivity contribution in [2.24, 2.45) is 5.92 Å². The SMILES string of the molecule is CCN[C@@H]1CN2CCC[C@@H]1C2. The summed E-state index contributed by atoms with van der Waals surface area (Å²) >= 11 is 0. The summed E-state index contributed by atoms with van der Waals surface area (Å²) in [7, 11) is 0. The first kappa shape index (κ1) is 7.56. The van der Waals surface area contributed by atoms with Crippen molar-refractivity contribution < 1.29 is 0 Å². The molecule has 2 aliphatic heterocycles. The van der Waals surface area contributed by atoms with Gasteiger partial charge in [0.15, 0.2) is 0 Å². The summed E-state index contributed by atoms with van der Waals surface area (Å²) in [6.07, 6.45) is 2.88. The number of nitrogens with zero attached hydrogens (tertiary/aromatic N) is 1. The molecule has 0 radical (unpaired) electrons. The lowest BCUT2D eigenvalue weighted by Gasteiger charge is -2.21. The molecule has 3 atom stereocenters. The Morgan fingerprint density at radius 3 is 3.09 bits per heavy atom. The highest BCUT2D eigenvalue weighted by atomic mass is 15.2. The Morgan fingerprint density at radius 2 is 2.36 bits per heavy atom. The molecule has 0 spiro atoms. The number of hydrogen-bond donors (Lipinski definition) is 1. The summed E-state index contributed by atoms with van der Waals surface area (Å²) in [6.45, 7) is 7.35. The van der Waals surface area contributed by atoms with Crippen LogP contribution in [0.5, 0.6) is 0 Å². The van der Waals surface area contributed by atoms with Crippen LogP contribution >= 0.6 is 0 Å². The maximum absolute atomic E-state index is 3.57. The second-order valence-corrected chi connectivity index (χ2v) is 3.83. The number of piperidine rings is 1. The lowest BCUT2D eigenvalue weighted by atomic mass is 9.97. The molecule has 2 bridgehead atoms. The largest absolute Gasteiger partial charge is 0.313 e. The molecule has 0 saturated carbocycles. The van der Waals surface area contributed by atoms with E-state index in [0.717, 1.165) is 18.5 Å². The highest BCUT2D eigenvalue weighted by Crippen LogP contribution is 2.26. The van der Waals surface area contributed by atoms with E-state index in [1.165, 1.54) is 32.5 Å². The highest BCUT2D eigenvalue weighted by Gasteiger charge is 2.34. The normalized spacial score (nSPS) is 42.8. The van der Waals surface area contributed by atoms with Gasteiger partial charge in [0.25, 0.3) is 0 Å². The fourth-order valence-corrected chi connectivity index (χ4v) is 2.51. The van der Waals surface area contributed by atoms with Crippen molar-refractivity contribution in [1.82, 2.24) is 10.2 Å². The average molecular weight is 154 g/mol. The molecule has 1 N–H and O–H groups in total. The Balaban J connectivity index is 1.92. The van der Waals surface area contributed by atoms with Gasteiger partial charge in [-0.25, -0.2) is 0 Å². The molecule has 0 aromatic heterocycles. The maximum atomic E-state index is 3.57. The highest BCUT2D eigenvalue weighted by molar-refractivity contribution is 4.91. The van der Waals surface area contributed by atoms with Crippen molar-refractivity contribution >= 4 is 0 Å². The number of hydrogen-bond acceptors (Lipinski definition) is 2. The van der Waals surface area contributed by atoms with Crippen molar-refractivity contribution in [3.05, 3.63) is 0 Å². The maximum Gasteiger partial charge on any atom is 0.0235 e. The van der Waals surface area contributed by atoms with Crippen LogP contribution < -0.4 is 5.32 Å². The summed E-state index contributed by atoms with van der Waals surface area (Å²) in [5.41, 5.74) is 0. The number of fused-ring (bicyclic) bond motifs is 2. The Bertz CT molecular complexity index is 136. The third kappa shape index (κ3) is 1.42. The molecule has 0 aromatic rings. The quantitative estimate of drug-likeness (QED) is 0.629. The summed E-state index contributed by atoms with van der Waals surface area (Å²) in [4.78, 5) is 2.60. The second-order valence-electron chi connectivity index (χ2n) is 3.83. The van der Waals surface area contributed by atoms with Gasteiger partial charge in [0.2, 0.25) is 0 Å². The van der Waals surface area contributed by atoms with Gasteiger partial charge in [-0.15, -0.1) is 0 Å². The fraction of sp³-hybridized carbons (Fsp3) is 1.00. The topological polar surface area (TPSA) is 15.3 Å². The Hall–Kier alpha value is -0.0800. The zero-order valence-corrected chi connectivity index (χ0v) is 7.34. The lowest BCUT2D eigenvalue weighted by Crippen LogP contribution is -2.35. The standard InChI is InChI=1S/C9H18N2/c1-2-10-9-7-11-5-3-4-8(9)6-11/h8-10H,2-7H2,1H3/t8-,9-/m1/s1. The Kier molecular flexibility index (Phi) is 2.14. The van der Waals surface area contributed by atoms with Crippen LogP contribution in [0.2, 0.25) is 0 Å². The van der Waals surface area contributed by atoms with E-state index >= 15 is 0 Å². The number of nitrogens with one attached hydrogen (secondary N) is 1. The second kappa shape index (κ2) is 3.11. The average Bonchev–Trinajstić information content (AvgIpc) is 2.29. The van der Waals surface area contributed by atoms with E-state index in [2.05, 4.69) is 17.1 Å². The molecule has 0 aromatic carbocycles. The number of likely N-dealkylation sites (N-methyl/N-ethyl adjacent to an activating group) is 1. The lowest BCUT2D eigenvalue weighted by molar-refractivity contribution is 0.269. The van der Waals surface area contributed by atoms with Crippen LogP contribution in [0.3, 0.4) is 0 Å². The molecule has 2 saturated heterocycles. The van der Waals surface area contributed by atoms with Gasteiger partial charge < -0.3 is 10.2 Å². The fourth-order valence-electron chi connectivity index (χ4n) is 2.51. The van der Waals surface area contributed by atoms with Gasteiger partial charge in [0, 0.05) is 19.1 Å². The molecule has 11 heavy (non-hydrogen) atoms. The first-order valence-electron chi connectivity index (χ1n) is 4.86. The van der Waals surface area contributed by atoms with Gasteiger partial charge in [0.1, 0.15) is 0 Å². The minimum Gasteiger partial charge on any atom is -0.313 e.